The molecular weight excluding hydrogens is 632 g/mol. The number of likely N-dealkylation sites (tertiary alicyclic amines) is 1. The normalized spacial score (nSPS) is 16.6. The van der Waals surface area contributed by atoms with Crippen molar-refractivity contribution < 1.29 is 43.5 Å². The van der Waals surface area contributed by atoms with Crippen LogP contribution < -0.4 is 43.8 Å². The lowest BCUT2D eigenvalue weighted by atomic mass is 9.98. The summed E-state index contributed by atoms with van der Waals surface area (Å²) in [7, 11) is 0. The number of hydrogen-bond donors (Lipinski definition) is 9. The molecule has 1 aliphatic heterocycles. The van der Waals surface area contributed by atoms with E-state index >= 15 is 0 Å². The molecule has 0 aromatic rings. The Morgan fingerprint density at radius 1 is 0.833 bits per heavy atom. The van der Waals surface area contributed by atoms with E-state index in [1.807, 2.05) is 0 Å². The second-order valence-electron chi connectivity index (χ2n) is 12.2. The second-order valence-corrected chi connectivity index (χ2v) is 12.2. The SMILES string of the molecule is CC(=O)NC(CCCN=C(N)N)C(=O)NC(CC(=O)O)C(=O)NC(C(=O)NC(C(=O)N1CCCC1C(=O)NCC(N)=O)C(C)C)C(C)C. The van der Waals surface area contributed by atoms with Crippen molar-refractivity contribution in [2.75, 3.05) is 19.6 Å². The third-order valence-corrected chi connectivity index (χ3v) is 7.40. The van der Waals surface area contributed by atoms with Crippen LogP contribution in [0.5, 0.6) is 0 Å². The molecule has 1 rings (SSSR count). The second kappa shape index (κ2) is 19.6. The highest BCUT2D eigenvalue weighted by atomic mass is 16.4. The molecule has 0 saturated carbocycles. The molecule has 0 spiro atoms. The fraction of sp³-hybridized carbons (Fsp3) is 0.690. The number of nitrogens with two attached hydrogens (primary N) is 3. The number of aliphatic carboxylic acids is 1. The molecule has 0 aromatic carbocycles. The van der Waals surface area contributed by atoms with Crippen molar-refractivity contribution in [2.45, 2.75) is 96.9 Å². The zero-order valence-corrected chi connectivity index (χ0v) is 28.0. The minimum Gasteiger partial charge on any atom is -0.481 e. The van der Waals surface area contributed by atoms with Gasteiger partial charge in [0, 0.05) is 20.0 Å². The summed E-state index contributed by atoms with van der Waals surface area (Å²) in [4.78, 5) is 106. The Morgan fingerprint density at radius 3 is 1.94 bits per heavy atom. The van der Waals surface area contributed by atoms with Crippen LogP contribution in [0.15, 0.2) is 4.99 Å². The van der Waals surface area contributed by atoms with Crippen molar-refractivity contribution in [1.82, 2.24) is 31.5 Å². The first-order valence-electron chi connectivity index (χ1n) is 15.7. The van der Waals surface area contributed by atoms with Gasteiger partial charge in [-0.25, -0.2) is 0 Å². The monoisotopic (exact) mass is 682 g/mol. The third-order valence-electron chi connectivity index (χ3n) is 7.40. The fourth-order valence-corrected chi connectivity index (χ4v) is 4.99. The van der Waals surface area contributed by atoms with Gasteiger partial charge in [0.05, 0.1) is 13.0 Å². The molecule has 5 atom stereocenters. The molecule has 7 amide bonds. The molecule has 19 heteroatoms. The number of carboxylic acid groups (broad SMARTS) is 1. The first-order chi connectivity index (χ1) is 22.3. The number of aliphatic imine (C=N–C) groups is 1. The molecule has 48 heavy (non-hydrogen) atoms. The molecule has 270 valence electrons. The van der Waals surface area contributed by atoms with Crippen LogP contribution in [0, 0.1) is 11.8 Å². The highest BCUT2D eigenvalue weighted by Gasteiger charge is 2.40. The topological polar surface area (TPSA) is 311 Å². The van der Waals surface area contributed by atoms with Crippen LogP contribution in [0.4, 0.5) is 0 Å². The van der Waals surface area contributed by atoms with Crippen LogP contribution in [-0.4, -0.2) is 113 Å². The molecule has 0 radical (unpaired) electrons. The number of nitrogens with zero attached hydrogens (tertiary/aromatic N) is 2. The lowest BCUT2D eigenvalue weighted by molar-refractivity contribution is -0.143. The van der Waals surface area contributed by atoms with Crippen molar-refractivity contribution >= 4 is 53.3 Å². The molecule has 1 heterocycles. The number of primary amides is 1. The van der Waals surface area contributed by atoms with Crippen molar-refractivity contribution in [1.29, 1.82) is 0 Å². The van der Waals surface area contributed by atoms with E-state index in [1.165, 1.54) is 11.8 Å². The van der Waals surface area contributed by atoms with Crippen molar-refractivity contribution in [3.8, 4) is 0 Å². The average Bonchev–Trinajstić information content (AvgIpc) is 3.47. The summed E-state index contributed by atoms with van der Waals surface area (Å²) in [6, 6.07) is -6.02. The minimum atomic E-state index is -1.63. The number of guanidine groups is 1. The average molecular weight is 683 g/mol. The van der Waals surface area contributed by atoms with E-state index in [9.17, 15) is 43.5 Å². The van der Waals surface area contributed by atoms with Crippen LogP contribution in [0.2, 0.25) is 0 Å². The Kier molecular flexibility index (Phi) is 16.8. The zero-order valence-electron chi connectivity index (χ0n) is 28.0. The van der Waals surface area contributed by atoms with Gasteiger partial charge in [-0.15, -0.1) is 0 Å². The Hall–Kier alpha value is -4.97. The van der Waals surface area contributed by atoms with E-state index in [2.05, 4.69) is 31.6 Å². The maximum absolute atomic E-state index is 13.6. The Labute approximate surface area is 278 Å². The largest absolute Gasteiger partial charge is 0.481 e. The molecular formula is C29H50N10O9. The molecule has 0 aromatic heterocycles. The highest BCUT2D eigenvalue weighted by Crippen LogP contribution is 2.21. The van der Waals surface area contributed by atoms with Gasteiger partial charge in [0.25, 0.3) is 0 Å². The quantitative estimate of drug-likeness (QED) is 0.0364. The van der Waals surface area contributed by atoms with Crippen molar-refractivity contribution in [3.63, 3.8) is 0 Å². The van der Waals surface area contributed by atoms with Crippen LogP contribution in [0.1, 0.15) is 66.7 Å². The zero-order chi connectivity index (χ0) is 36.7. The summed E-state index contributed by atoms with van der Waals surface area (Å²) in [5.41, 5.74) is 15.7. The Bertz CT molecular complexity index is 1240. The lowest BCUT2D eigenvalue weighted by Gasteiger charge is -2.32. The standard InChI is InChI=1S/C29H50N10O9/c1-14(2)22(27(47)38-23(15(3)4)28(48)39-11-7-9-19(39)26(46)34-13-20(30)41)37-25(45)18(12-21(42)43)36-24(44)17(35-16(5)40)8-6-10-33-29(31)32/h14-15,17-19,22-23H,6-13H2,1-5H3,(H2,30,41)(H,34,46)(H,35,40)(H,36,44)(H,37,45)(H,38,47)(H,42,43)(H4,31,32,33). The van der Waals surface area contributed by atoms with Crippen molar-refractivity contribution in [3.05, 3.63) is 0 Å². The summed E-state index contributed by atoms with van der Waals surface area (Å²) in [6.07, 6.45) is 0.352. The summed E-state index contributed by atoms with van der Waals surface area (Å²) in [6.45, 7) is 7.78. The van der Waals surface area contributed by atoms with Gasteiger partial charge >= 0.3 is 5.97 Å². The molecule has 12 N–H and O–H groups in total. The summed E-state index contributed by atoms with van der Waals surface area (Å²) in [5.74, 6) is -7.55. The van der Waals surface area contributed by atoms with Gasteiger partial charge in [-0.05, 0) is 37.5 Å². The molecule has 19 nitrogen and oxygen atoms in total. The van der Waals surface area contributed by atoms with Gasteiger partial charge in [0.15, 0.2) is 5.96 Å². The number of hydrogen-bond acceptors (Lipinski definition) is 9. The minimum absolute atomic E-state index is 0.0654. The molecule has 1 fully saturated rings. The number of carboxylic acids is 1. The van der Waals surface area contributed by atoms with Crippen LogP contribution in [0.25, 0.3) is 0 Å². The number of nitrogens with one attached hydrogen (secondary N) is 5. The van der Waals surface area contributed by atoms with Gasteiger partial charge in [-0.3, -0.25) is 43.3 Å². The van der Waals surface area contributed by atoms with Gasteiger partial charge in [0.2, 0.25) is 41.4 Å². The Balaban J connectivity index is 3.12. The van der Waals surface area contributed by atoms with E-state index in [0.29, 0.717) is 12.8 Å². The summed E-state index contributed by atoms with van der Waals surface area (Å²) < 4.78 is 0. The first-order valence-corrected chi connectivity index (χ1v) is 15.7. The number of carbonyl (C=O) groups excluding carboxylic acids is 7. The lowest BCUT2D eigenvalue weighted by Crippen LogP contribution is -2.61. The van der Waals surface area contributed by atoms with Crippen LogP contribution >= 0.6 is 0 Å². The van der Waals surface area contributed by atoms with Crippen LogP contribution in [-0.2, 0) is 38.4 Å². The highest BCUT2D eigenvalue weighted by molar-refractivity contribution is 5.98. The van der Waals surface area contributed by atoms with E-state index in [0.717, 1.165) is 0 Å². The Morgan fingerprint density at radius 2 is 1.42 bits per heavy atom. The predicted molar refractivity (Wildman–Crippen MR) is 172 cm³/mol. The molecule has 1 aliphatic rings. The molecule has 0 aliphatic carbocycles. The predicted octanol–water partition coefficient (Wildman–Crippen LogP) is -3.62. The number of carbonyl (C=O) groups is 8. The van der Waals surface area contributed by atoms with Crippen molar-refractivity contribution in [2.24, 2.45) is 34.0 Å². The van der Waals surface area contributed by atoms with Gasteiger partial charge < -0.3 is 53.8 Å². The maximum Gasteiger partial charge on any atom is 0.305 e. The van der Waals surface area contributed by atoms with E-state index in [1.54, 1.807) is 27.7 Å². The third kappa shape index (κ3) is 13.8. The van der Waals surface area contributed by atoms with Crippen LogP contribution in [0.3, 0.4) is 0 Å². The number of amides is 7. The fourth-order valence-electron chi connectivity index (χ4n) is 4.99. The smallest absolute Gasteiger partial charge is 0.305 e. The summed E-state index contributed by atoms with van der Waals surface area (Å²) in [5, 5.41) is 21.8. The molecule has 5 unspecified atom stereocenters. The molecule has 1 saturated heterocycles. The number of rotatable bonds is 19. The van der Waals surface area contributed by atoms with Gasteiger partial charge in [-0.2, -0.15) is 0 Å². The van der Waals surface area contributed by atoms with Gasteiger partial charge in [0.1, 0.15) is 30.2 Å². The maximum atomic E-state index is 13.6. The van der Waals surface area contributed by atoms with E-state index in [4.69, 9.17) is 17.2 Å². The van der Waals surface area contributed by atoms with Gasteiger partial charge in [-0.1, -0.05) is 27.7 Å². The summed E-state index contributed by atoms with van der Waals surface area (Å²) >= 11 is 0. The first kappa shape index (κ1) is 41.1. The van der Waals surface area contributed by atoms with E-state index < -0.39 is 102 Å². The molecule has 0 bridgehead atoms. The van der Waals surface area contributed by atoms with E-state index in [-0.39, 0.29) is 31.9 Å².